The molecule has 0 aromatic rings. The molecule has 0 spiro atoms. The maximum Gasteiger partial charge on any atom is 0.410 e. The number of nitrogens with zero attached hydrogens (tertiary/aromatic N) is 2. The van der Waals surface area contributed by atoms with E-state index in [1.807, 2.05) is 25.7 Å². The first-order valence-corrected chi connectivity index (χ1v) is 8.78. The predicted molar refractivity (Wildman–Crippen MR) is 89.1 cm³/mol. The molecule has 0 aromatic heterocycles. The molecule has 2 saturated heterocycles. The van der Waals surface area contributed by atoms with Gasteiger partial charge in [0.15, 0.2) is 0 Å². The van der Waals surface area contributed by atoms with Crippen LogP contribution >= 0.6 is 12.6 Å². The third-order valence-corrected chi connectivity index (χ3v) is 4.81. The van der Waals surface area contributed by atoms with Crippen LogP contribution < -0.4 is 0 Å². The summed E-state index contributed by atoms with van der Waals surface area (Å²) in [5, 5.41) is 0. The van der Waals surface area contributed by atoms with Crippen molar-refractivity contribution in [1.82, 2.24) is 9.80 Å². The lowest BCUT2D eigenvalue weighted by Gasteiger charge is -2.34. The zero-order valence-corrected chi connectivity index (χ0v) is 14.8. The van der Waals surface area contributed by atoms with Gasteiger partial charge in [-0.15, -0.1) is 0 Å². The number of carbonyl (C=O) groups excluding carboxylic acids is 2. The molecule has 0 aromatic carbocycles. The molecule has 0 aliphatic carbocycles. The number of hydrogen-bond acceptors (Lipinski definition) is 4. The molecule has 1 atom stereocenters. The quantitative estimate of drug-likeness (QED) is 0.810. The number of piperidine rings is 1. The number of rotatable bonds is 3. The molecule has 126 valence electrons. The van der Waals surface area contributed by atoms with E-state index in [-0.39, 0.29) is 12.0 Å². The second-order valence-electron chi connectivity index (χ2n) is 7.46. The number of amides is 2. The van der Waals surface area contributed by atoms with Gasteiger partial charge >= 0.3 is 6.09 Å². The maximum absolute atomic E-state index is 12.0. The third-order valence-electron chi connectivity index (χ3n) is 4.30. The summed E-state index contributed by atoms with van der Waals surface area (Å²) < 4.78 is 5.41. The van der Waals surface area contributed by atoms with Crippen molar-refractivity contribution >= 4 is 24.6 Å². The normalized spacial score (nSPS) is 24.0. The van der Waals surface area contributed by atoms with Crippen molar-refractivity contribution < 1.29 is 14.3 Å². The number of likely N-dealkylation sites (tertiary alicyclic amines) is 2. The monoisotopic (exact) mass is 328 g/mol. The number of ether oxygens (including phenoxy) is 1. The first-order valence-electron chi connectivity index (χ1n) is 8.15. The summed E-state index contributed by atoms with van der Waals surface area (Å²) in [4.78, 5) is 27.7. The first kappa shape index (κ1) is 17.4. The number of hydrogen-bond donors (Lipinski definition) is 1. The van der Waals surface area contributed by atoms with Crippen molar-refractivity contribution in [2.75, 3.05) is 31.9 Å². The van der Waals surface area contributed by atoms with Gasteiger partial charge in [-0.2, -0.15) is 12.6 Å². The van der Waals surface area contributed by atoms with E-state index < -0.39 is 5.60 Å². The predicted octanol–water partition coefficient (Wildman–Crippen LogP) is 2.41. The second-order valence-corrected chi connectivity index (χ2v) is 7.83. The Morgan fingerprint density at radius 3 is 2.41 bits per heavy atom. The van der Waals surface area contributed by atoms with Crippen molar-refractivity contribution in [1.29, 1.82) is 0 Å². The van der Waals surface area contributed by atoms with Gasteiger partial charge in [0.1, 0.15) is 5.60 Å². The van der Waals surface area contributed by atoms with E-state index in [2.05, 4.69) is 12.6 Å². The molecule has 2 aliphatic rings. The van der Waals surface area contributed by atoms with Crippen molar-refractivity contribution in [3.63, 3.8) is 0 Å². The Morgan fingerprint density at radius 2 is 1.91 bits per heavy atom. The SMILES string of the molecule is CC(C)(C)OC(=O)N1CCC(CN2CC(CS)CC2=O)CC1. The Bertz CT molecular complexity index is 414. The molecule has 1 unspecified atom stereocenters. The van der Waals surface area contributed by atoms with Gasteiger partial charge in [0.2, 0.25) is 5.91 Å². The van der Waals surface area contributed by atoms with Gasteiger partial charge in [0.05, 0.1) is 0 Å². The Labute approximate surface area is 138 Å². The minimum atomic E-state index is -0.447. The van der Waals surface area contributed by atoms with Crippen molar-refractivity contribution in [2.45, 2.75) is 45.6 Å². The molecule has 5 nitrogen and oxygen atoms in total. The standard InChI is InChI=1S/C16H28N2O3S/c1-16(2,3)21-15(20)17-6-4-12(5-7-17)9-18-10-13(11-22)8-14(18)19/h12-13,22H,4-11H2,1-3H3. The average Bonchev–Trinajstić information content (AvgIpc) is 2.78. The van der Waals surface area contributed by atoms with E-state index in [4.69, 9.17) is 4.74 Å². The van der Waals surface area contributed by atoms with Crippen LogP contribution in [0.3, 0.4) is 0 Å². The second kappa shape index (κ2) is 7.11. The smallest absolute Gasteiger partial charge is 0.410 e. The molecule has 0 radical (unpaired) electrons. The molecular weight excluding hydrogens is 300 g/mol. The minimum Gasteiger partial charge on any atom is -0.444 e. The highest BCUT2D eigenvalue weighted by Crippen LogP contribution is 2.25. The minimum absolute atomic E-state index is 0.224. The summed E-state index contributed by atoms with van der Waals surface area (Å²) in [7, 11) is 0. The highest BCUT2D eigenvalue weighted by atomic mass is 32.1. The summed E-state index contributed by atoms with van der Waals surface area (Å²) in [5.41, 5.74) is -0.447. The van der Waals surface area contributed by atoms with Crippen LogP contribution in [0.15, 0.2) is 0 Å². The molecule has 22 heavy (non-hydrogen) atoms. The van der Waals surface area contributed by atoms with E-state index >= 15 is 0 Å². The molecule has 0 N–H and O–H groups in total. The summed E-state index contributed by atoms with van der Waals surface area (Å²) in [6.45, 7) is 8.76. The lowest BCUT2D eigenvalue weighted by molar-refractivity contribution is -0.128. The molecule has 6 heteroatoms. The van der Waals surface area contributed by atoms with Gasteiger partial charge in [-0.25, -0.2) is 4.79 Å². The van der Waals surface area contributed by atoms with Gasteiger partial charge in [-0.05, 0) is 51.2 Å². The van der Waals surface area contributed by atoms with Crippen LogP contribution in [0.25, 0.3) is 0 Å². The molecular formula is C16H28N2O3S. The van der Waals surface area contributed by atoms with Gasteiger partial charge in [0.25, 0.3) is 0 Å². The molecule has 2 fully saturated rings. The van der Waals surface area contributed by atoms with E-state index in [1.54, 1.807) is 4.90 Å². The van der Waals surface area contributed by atoms with Gasteiger partial charge in [-0.1, -0.05) is 0 Å². The Kier molecular flexibility index (Phi) is 5.64. The molecule has 2 aliphatic heterocycles. The third kappa shape index (κ3) is 4.80. The summed E-state index contributed by atoms with van der Waals surface area (Å²) in [5.74, 6) is 1.92. The highest BCUT2D eigenvalue weighted by Gasteiger charge is 2.32. The van der Waals surface area contributed by atoms with E-state index in [9.17, 15) is 9.59 Å². The fourth-order valence-electron chi connectivity index (χ4n) is 3.09. The molecule has 2 heterocycles. The van der Waals surface area contributed by atoms with Crippen molar-refractivity contribution in [3.05, 3.63) is 0 Å². The van der Waals surface area contributed by atoms with Crippen LogP contribution in [0.5, 0.6) is 0 Å². The summed E-state index contributed by atoms with van der Waals surface area (Å²) in [6.07, 6.45) is 2.29. The highest BCUT2D eigenvalue weighted by molar-refractivity contribution is 7.80. The molecule has 0 bridgehead atoms. The summed E-state index contributed by atoms with van der Waals surface area (Å²) >= 11 is 4.29. The van der Waals surface area contributed by atoms with E-state index in [0.29, 0.717) is 18.3 Å². The van der Waals surface area contributed by atoms with Gasteiger partial charge in [0, 0.05) is 32.6 Å². The Hall–Kier alpha value is -0.910. The Morgan fingerprint density at radius 1 is 1.27 bits per heavy atom. The zero-order chi connectivity index (χ0) is 16.3. The van der Waals surface area contributed by atoms with Crippen LogP contribution in [0, 0.1) is 11.8 Å². The van der Waals surface area contributed by atoms with Crippen molar-refractivity contribution in [3.8, 4) is 0 Å². The topological polar surface area (TPSA) is 49.9 Å². The zero-order valence-electron chi connectivity index (χ0n) is 13.9. The Balaban J connectivity index is 1.76. The van der Waals surface area contributed by atoms with Crippen molar-refractivity contribution in [2.24, 2.45) is 11.8 Å². The van der Waals surface area contributed by atoms with Crippen LogP contribution in [0.2, 0.25) is 0 Å². The fourth-order valence-corrected chi connectivity index (χ4v) is 3.33. The largest absolute Gasteiger partial charge is 0.444 e. The fraction of sp³-hybridized carbons (Fsp3) is 0.875. The van der Waals surface area contributed by atoms with E-state index in [1.165, 1.54) is 0 Å². The average molecular weight is 328 g/mol. The summed E-state index contributed by atoms with van der Waals surface area (Å²) in [6, 6.07) is 0. The first-order chi connectivity index (χ1) is 10.3. The maximum atomic E-state index is 12.0. The van der Waals surface area contributed by atoms with Crippen LogP contribution in [0.4, 0.5) is 4.79 Å². The van der Waals surface area contributed by atoms with Gasteiger partial charge < -0.3 is 14.5 Å². The van der Waals surface area contributed by atoms with Gasteiger partial charge in [-0.3, -0.25) is 4.79 Å². The van der Waals surface area contributed by atoms with Crippen LogP contribution in [-0.2, 0) is 9.53 Å². The molecule has 2 amide bonds. The lowest BCUT2D eigenvalue weighted by Crippen LogP contribution is -2.44. The van der Waals surface area contributed by atoms with E-state index in [0.717, 1.165) is 44.8 Å². The molecule has 0 saturated carbocycles. The van der Waals surface area contributed by atoms with Crippen LogP contribution in [-0.4, -0.2) is 59.3 Å². The number of thiol groups is 1. The number of carbonyl (C=O) groups is 2. The lowest BCUT2D eigenvalue weighted by atomic mass is 9.96. The molecule has 2 rings (SSSR count). The van der Waals surface area contributed by atoms with Crippen LogP contribution in [0.1, 0.15) is 40.0 Å².